The first-order valence-electron chi connectivity index (χ1n) is 7.10. The molecule has 0 aliphatic rings. The van der Waals surface area contributed by atoms with Gasteiger partial charge >= 0.3 is 6.18 Å². The lowest BCUT2D eigenvalue weighted by Gasteiger charge is -2.08. The smallest absolute Gasteiger partial charge is 0.360 e. The molecule has 8 heteroatoms. The van der Waals surface area contributed by atoms with E-state index in [1.807, 2.05) is 0 Å². The van der Waals surface area contributed by atoms with Crippen molar-refractivity contribution in [3.05, 3.63) is 36.0 Å². The van der Waals surface area contributed by atoms with Crippen LogP contribution in [0.3, 0.4) is 0 Å². The summed E-state index contributed by atoms with van der Waals surface area (Å²) in [6, 6.07) is 5.18. The van der Waals surface area contributed by atoms with Crippen molar-refractivity contribution in [2.24, 2.45) is 5.92 Å². The molecule has 0 saturated heterocycles. The van der Waals surface area contributed by atoms with E-state index >= 15 is 0 Å². The van der Waals surface area contributed by atoms with Crippen LogP contribution in [-0.4, -0.2) is 21.1 Å². The van der Waals surface area contributed by atoms with E-state index in [0.29, 0.717) is 27.3 Å². The third kappa shape index (κ3) is 3.31. The van der Waals surface area contributed by atoms with Gasteiger partial charge in [0, 0.05) is 12.1 Å². The van der Waals surface area contributed by atoms with Crippen molar-refractivity contribution in [2.75, 3.05) is 11.9 Å². The van der Waals surface area contributed by atoms with Crippen LogP contribution in [0, 0.1) is 5.92 Å². The molecular weight excluding hydrogens is 325 g/mol. The molecule has 1 N–H and O–H groups in total. The Kier molecular flexibility index (Phi) is 4.01. The maximum absolute atomic E-state index is 12.9. The second kappa shape index (κ2) is 5.84. The predicted molar refractivity (Wildman–Crippen MR) is 84.6 cm³/mol. The van der Waals surface area contributed by atoms with Gasteiger partial charge in [-0.15, -0.1) is 5.10 Å². The molecule has 0 amide bonds. The van der Waals surface area contributed by atoms with Gasteiger partial charge in [0.25, 0.3) is 0 Å². The molecule has 1 aromatic carbocycles. The highest BCUT2D eigenvalue weighted by Gasteiger charge is 2.30. The van der Waals surface area contributed by atoms with Gasteiger partial charge in [-0.25, -0.2) is 9.50 Å². The second-order valence-electron chi connectivity index (χ2n) is 5.60. The number of hydrogen-bond acceptors (Lipinski definition) is 4. The van der Waals surface area contributed by atoms with Crippen LogP contribution in [0.25, 0.3) is 16.2 Å². The fraction of sp³-hybridized carbons (Fsp3) is 0.333. The molecule has 4 nitrogen and oxygen atoms in total. The minimum Gasteiger partial charge on any atom is -0.360 e. The van der Waals surface area contributed by atoms with Gasteiger partial charge in [0.05, 0.1) is 17.5 Å². The van der Waals surface area contributed by atoms with Crippen LogP contribution in [0.2, 0.25) is 0 Å². The van der Waals surface area contributed by atoms with E-state index < -0.39 is 11.7 Å². The molecule has 0 spiro atoms. The predicted octanol–water partition coefficient (Wildman–Crippen LogP) is 4.54. The van der Waals surface area contributed by atoms with Gasteiger partial charge in [-0.3, -0.25) is 0 Å². The topological polar surface area (TPSA) is 42.2 Å². The van der Waals surface area contributed by atoms with E-state index in [9.17, 15) is 13.2 Å². The lowest BCUT2D eigenvalue weighted by Crippen LogP contribution is -2.08. The molecule has 122 valence electrons. The zero-order valence-corrected chi connectivity index (χ0v) is 13.4. The van der Waals surface area contributed by atoms with E-state index in [0.717, 1.165) is 18.7 Å². The Morgan fingerprint density at radius 2 is 2.09 bits per heavy atom. The molecule has 2 heterocycles. The summed E-state index contributed by atoms with van der Waals surface area (Å²) < 4.78 is 40.1. The summed E-state index contributed by atoms with van der Waals surface area (Å²) in [6.07, 6.45) is -2.83. The van der Waals surface area contributed by atoms with Gasteiger partial charge in [-0.1, -0.05) is 37.3 Å². The molecule has 0 aliphatic carbocycles. The van der Waals surface area contributed by atoms with Gasteiger partial charge in [-0.05, 0) is 18.1 Å². The molecular formula is C15H15F3N4S. The van der Waals surface area contributed by atoms with Crippen molar-refractivity contribution in [2.45, 2.75) is 20.0 Å². The molecule has 0 bridgehead atoms. The Hall–Kier alpha value is -2.09. The number of imidazole rings is 1. The molecule has 23 heavy (non-hydrogen) atoms. The Morgan fingerprint density at radius 3 is 2.78 bits per heavy atom. The van der Waals surface area contributed by atoms with Crippen LogP contribution in [0.5, 0.6) is 0 Å². The molecule has 0 atom stereocenters. The van der Waals surface area contributed by atoms with E-state index in [1.165, 1.54) is 17.4 Å². The highest BCUT2D eigenvalue weighted by Crippen LogP contribution is 2.33. The summed E-state index contributed by atoms with van der Waals surface area (Å²) >= 11 is 1.37. The highest BCUT2D eigenvalue weighted by molar-refractivity contribution is 7.20. The normalized spacial score (nSPS) is 12.3. The number of aromatic nitrogens is 3. The Balaban J connectivity index is 1.97. The molecule has 0 aliphatic heterocycles. The molecule has 0 radical (unpaired) electrons. The van der Waals surface area contributed by atoms with Crippen molar-refractivity contribution >= 4 is 21.4 Å². The largest absolute Gasteiger partial charge is 0.416 e. The number of anilines is 1. The van der Waals surface area contributed by atoms with Crippen LogP contribution >= 0.6 is 11.3 Å². The average Bonchev–Trinajstić information content (AvgIpc) is 3.04. The second-order valence-corrected chi connectivity index (χ2v) is 6.55. The summed E-state index contributed by atoms with van der Waals surface area (Å²) in [5.74, 6) is 0.467. The van der Waals surface area contributed by atoms with Crippen LogP contribution in [-0.2, 0) is 6.18 Å². The van der Waals surface area contributed by atoms with Crippen LogP contribution in [0.1, 0.15) is 19.4 Å². The molecule has 3 rings (SSSR count). The number of nitrogens with one attached hydrogen (secondary N) is 1. The average molecular weight is 340 g/mol. The van der Waals surface area contributed by atoms with Crippen LogP contribution in [0.15, 0.2) is 30.5 Å². The van der Waals surface area contributed by atoms with Crippen molar-refractivity contribution in [3.63, 3.8) is 0 Å². The molecule has 2 aromatic heterocycles. The summed E-state index contributed by atoms with van der Waals surface area (Å²) in [5.41, 5.74) is 0.298. The lowest BCUT2D eigenvalue weighted by atomic mass is 10.1. The Morgan fingerprint density at radius 1 is 1.30 bits per heavy atom. The van der Waals surface area contributed by atoms with Gasteiger partial charge in [0.15, 0.2) is 0 Å². The minimum atomic E-state index is -4.37. The molecule has 3 aromatic rings. The fourth-order valence-electron chi connectivity index (χ4n) is 2.11. The van der Waals surface area contributed by atoms with Crippen molar-refractivity contribution in [1.29, 1.82) is 0 Å². The fourth-order valence-corrected chi connectivity index (χ4v) is 2.89. The Labute approximate surface area is 135 Å². The summed E-state index contributed by atoms with van der Waals surface area (Å²) in [7, 11) is 0. The van der Waals surface area contributed by atoms with Crippen molar-refractivity contribution in [1.82, 2.24) is 14.6 Å². The van der Waals surface area contributed by atoms with Crippen molar-refractivity contribution < 1.29 is 13.2 Å². The number of nitrogens with zero attached hydrogens (tertiary/aromatic N) is 3. The number of rotatable bonds is 4. The third-order valence-corrected chi connectivity index (χ3v) is 4.11. The maximum Gasteiger partial charge on any atom is 0.416 e. The van der Waals surface area contributed by atoms with Gasteiger partial charge in [-0.2, -0.15) is 13.2 Å². The zero-order valence-electron chi connectivity index (χ0n) is 12.6. The molecule has 0 unspecified atom stereocenters. The van der Waals surface area contributed by atoms with Gasteiger partial charge < -0.3 is 5.32 Å². The minimum absolute atomic E-state index is 0.438. The van der Waals surface area contributed by atoms with Crippen LogP contribution < -0.4 is 5.32 Å². The summed E-state index contributed by atoms with van der Waals surface area (Å²) in [5, 5.41) is 8.30. The molecule has 0 fully saturated rings. The van der Waals surface area contributed by atoms with Crippen LogP contribution in [0.4, 0.5) is 18.3 Å². The standard InChI is InChI=1S/C15H15F3N4S/c1-9(2)7-19-13-21-22-12(8-20-14(22)23-13)10-4-3-5-11(6-10)15(16,17)18/h3-6,8-9H,7H2,1-2H3,(H,19,21). The third-order valence-electron chi connectivity index (χ3n) is 3.23. The van der Waals surface area contributed by atoms with Crippen molar-refractivity contribution in [3.8, 4) is 11.3 Å². The SMILES string of the molecule is CC(C)CNc1nn2c(-c3cccc(C(F)(F)F)c3)cnc2s1. The highest BCUT2D eigenvalue weighted by atomic mass is 32.1. The number of hydrogen-bond donors (Lipinski definition) is 1. The maximum atomic E-state index is 12.9. The monoisotopic (exact) mass is 340 g/mol. The lowest BCUT2D eigenvalue weighted by molar-refractivity contribution is -0.137. The zero-order chi connectivity index (χ0) is 16.6. The first-order chi connectivity index (χ1) is 10.8. The summed E-state index contributed by atoms with van der Waals surface area (Å²) in [4.78, 5) is 4.87. The molecule has 0 saturated carbocycles. The van der Waals surface area contributed by atoms with E-state index in [4.69, 9.17) is 0 Å². The quantitative estimate of drug-likeness (QED) is 0.758. The Bertz CT molecular complexity index is 820. The number of benzene rings is 1. The number of halogens is 3. The number of fused-ring (bicyclic) bond motifs is 1. The van der Waals surface area contributed by atoms with Gasteiger partial charge in [0.2, 0.25) is 10.1 Å². The number of alkyl halides is 3. The first kappa shape index (κ1) is 15.8. The summed E-state index contributed by atoms with van der Waals surface area (Å²) in [6.45, 7) is 4.94. The first-order valence-corrected chi connectivity index (χ1v) is 7.92. The van der Waals surface area contributed by atoms with E-state index in [2.05, 4.69) is 29.2 Å². The van der Waals surface area contributed by atoms with Gasteiger partial charge in [0.1, 0.15) is 0 Å². The van der Waals surface area contributed by atoms with E-state index in [1.54, 1.807) is 16.8 Å². The van der Waals surface area contributed by atoms with E-state index in [-0.39, 0.29) is 0 Å².